The molecule has 5 rings (SSSR count). The number of nitrogens with one attached hydrogen (secondary N) is 1. The number of aromatic nitrogens is 4. The summed E-state index contributed by atoms with van der Waals surface area (Å²) in [6.45, 7) is 1.92. The van der Waals surface area contributed by atoms with E-state index in [9.17, 15) is 9.59 Å². The van der Waals surface area contributed by atoms with Gasteiger partial charge in [0.2, 0.25) is 5.91 Å². The van der Waals surface area contributed by atoms with E-state index in [0.717, 1.165) is 22.6 Å². The van der Waals surface area contributed by atoms with Crippen LogP contribution in [0.25, 0.3) is 11.4 Å². The third-order valence-electron chi connectivity index (χ3n) is 5.77. The lowest BCUT2D eigenvalue weighted by Gasteiger charge is -2.23. The van der Waals surface area contributed by atoms with Crippen LogP contribution in [-0.2, 0) is 11.8 Å². The topological polar surface area (TPSA) is 73.8 Å². The predicted molar refractivity (Wildman–Crippen MR) is 114 cm³/mol. The lowest BCUT2D eigenvalue weighted by molar-refractivity contribution is -0.116. The first kappa shape index (κ1) is 18.2. The van der Waals surface area contributed by atoms with Crippen molar-refractivity contribution in [2.75, 3.05) is 5.32 Å². The van der Waals surface area contributed by atoms with E-state index < -0.39 is 0 Å². The Morgan fingerprint density at radius 3 is 2.27 bits per heavy atom. The van der Waals surface area contributed by atoms with Crippen molar-refractivity contribution in [3.05, 3.63) is 94.0 Å². The van der Waals surface area contributed by atoms with E-state index in [2.05, 4.69) is 10.4 Å². The molecule has 0 spiro atoms. The first-order valence-corrected chi connectivity index (χ1v) is 9.83. The maximum atomic E-state index is 13.5. The van der Waals surface area contributed by atoms with Crippen molar-refractivity contribution in [1.82, 2.24) is 19.1 Å². The van der Waals surface area contributed by atoms with Gasteiger partial charge in [-0.15, -0.1) is 0 Å². The van der Waals surface area contributed by atoms with Gasteiger partial charge in [0.25, 0.3) is 5.56 Å². The van der Waals surface area contributed by atoms with Gasteiger partial charge in [-0.05, 0) is 31.2 Å². The Morgan fingerprint density at radius 2 is 1.60 bits per heavy atom. The molecular weight excluding hydrogens is 378 g/mol. The summed E-state index contributed by atoms with van der Waals surface area (Å²) in [5, 5.41) is 7.46. The number of fused-ring (bicyclic) bond motifs is 1. The largest absolute Gasteiger partial charge is 0.310 e. The van der Waals surface area contributed by atoms with E-state index in [1.807, 2.05) is 79.3 Å². The van der Waals surface area contributed by atoms with Gasteiger partial charge in [-0.3, -0.25) is 14.3 Å². The van der Waals surface area contributed by atoms with Gasteiger partial charge < -0.3 is 5.32 Å². The second-order valence-corrected chi connectivity index (χ2v) is 7.48. The monoisotopic (exact) mass is 399 g/mol. The van der Waals surface area contributed by atoms with Crippen LogP contribution in [0.5, 0.6) is 0 Å². The minimum absolute atomic E-state index is 0.112. The van der Waals surface area contributed by atoms with Gasteiger partial charge in [-0.2, -0.15) is 5.10 Å². The Labute approximate surface area is 173 Å². The van der Waals surface area contributed by atoms with Gasteiger partial charge in [-0.1, -0.05) is 36.4 Å². The number of anilines is 1. The number of nitrogens with zero attached hydrogens (tertiary/aromatic N) is 4. The molecule has 0 bridgehead atoms. The molecule has 150 valence electrons. The number of carbonyl (C=O) groups excluding carboxylic acids is 1. The van der Waals surface area contributed by atoms with E-state index in [1.54, 1.807) is 15.6 Å². The van der Waals surface area contributed by atoms with Crippen molar-refractivity contribution in [2.24, 2.45) is 7.05 Å². The number of carbonyl (C=O) groups is 1. The van der Waals surface area contributed by atoms with Gasteiger partial charge in [-0.25, -0.2) is 9.36 Å². The van der Waals surface area contributed by atoms with Crippen LogP contribution in [0.15, 0.2) is 71.7 Å². The Hall–Kier alpha value is -3.87. The van der Waals surface area contributed by atoms with Crippen molar-refractivity contribution < 1.29 is 4.79 Å². The van der Waals surface area contributed by atoms with Crippen LogP contribution in [0.3, 0.4) is 0 Å². The van der Waals surface area contributed by atoms with Crippen LogP contribution < -0.4 is 10.9 Å². The highest BCUT2D eigenvalue weighted by molar-refractivity contribution is 5.94. The van der Waals surface area contributed by atoms with Gasteiger partial charge in [0.1, 0.15) is 5.82 Å². The van der Waals surface area contributed by atoms with Crippen LogP contribution in [-0.4, -0.2) is 25.1 Å². The smallest absolute Gasteiger partial charge is 0.275 e. The van der Waals surface area contributed by atoms with E-state index in [4.69, 9.17) is 0 Å². The maximum Gasteiger partial charge on any atom is 0.275 e. The molecule has 4 aromatic rings. The van der Waals surface area contributed by atoms with Crippen LogP contribution in [0.1, 0.15) is 29.2 Å². The lowest BCUT2D eigenvalue weighted by Crippen LogP contribution is -2.28. The highest BCUT2D eigenvalue weighted by Gasteiger charge is 2.34. The molecule has 1 aliphatic rings. The lowest BCUT2D eigenvalue weighted by atomic mass is 9.87. The molecule has 2 aromatic carbocycles. The van der Waals surface area contributed by atoms with E-state index in [0.29, 0.717) is 11.4 Å². The molecule has 0 aliphatic carbocycles. The van der Waals surface area contributed by atoms with E-state index in [-0.39, 0.29) is 23.8 Å². The van der Waals surface area contributed by atoms with Gasteiger partial charge in [0, 0.05) is 36.2 Å². The molecule has 7 nitrogen and oxygen atoms in total. The van der Waals surface area contributed by atoms with Crippen LogP contribution in [0.2, 0.25) is 0 Å². The molecule has 2 aromatic heterocycles. The molecule has 1 unspecified atom stereocenters. The summed E-state index contributed by atoms with van der Waals surface area (Å²) in [7, 11) is 1.87. The molecule has 0 fully saturated rings. The number of amides is 1. The fourth-order valence-electron chi connectivity index (χ4n) is 4.23. The summed E-state index contributed by atoms with van der Waals surface area (Å²) >= 11 is 0. The molecule has 1 aliphatic heterocycles. The molecule has 1 amide bonds. The minimum Gasteiger partial charge on any atom is -0.310 e. The molecule has 3 heterocycles. The fourth-order valence-corrected chi connectivity index (χ4v) is 4.23. The summed E-state index contributed by atoms with van der Waals surface area (Å²) in [6, 6.07) is 19.2. The zero-order valence-electron chi connectivity index (χ0n) is 16.7. The molecular formula is C23H21N5O2. The maximum absolute atomic E-state index is 13.5. The van der Waals surface area contributed by atoms with Crippen LogP contribution in [0.4, 0.5) is 5.82 Å². The van der Waals surface area contributed by atoms with Crippen LogP contribution >= 0.6 is 0 Å². The average Bonchev–Trinajstić information content (AvgIpc) is 3.27. The Balaban J connectivity index is 1.68. The number of hydrogen-bond acceptors (Lipinski definition) is 3. The number of benzene rings is 2. The van der Waals surface area contributed by atoms with Crippen molar-refractivity contribution in [2.45, 2.75) is 19.3 Å². The summed E-state index contributed by atoms with van der Waals surface area (Å²) in [4.78, 5) is 26.1. The molecule has 0 saturated heterocycles. The second kappa shape index (κ2) is 6.88. The molecule has 30 heavy (non-hydrogen) atoms. The first-order chi connectivity index (χ1) is 14.6. The SMILES string of the molecule is Cc1c(C2CC(=O)Nc3c2cnn3-c2ccccc2)c(=O)n(-c2ccccc2)n1C. The van der Waals surface area contributed by atoms with E-state index >= 15 is 0 Å². The van der Waals surface area contributed by atoms with Crippen LogP contribution in [0, 0.1) is 6.92 Å². The van der Waals surface area contributed by atoms with E-state index in [1.165, 1.54) is 0 Å². The van der Waals surface area contributed by atoms with Crippen molar-refractivity contribution in [3.8, 4) is 11.4 Å². The van der Waals surface area contributed by atoms with Crippen molar-refractivity contribution >= 4 is 11.7 Å². The minimum atomic E-state index is -0.352. The molecule has 1 atom stereocenters. The number of hydrogen-bond donors (Lipinski definition) is 1. The Morgan fingerprint density at radius 1 is 0.967 bits per heavy atom. The Kier molecular flexibility index (Phi) is 4.17. The normalized spacial score (nSPS) is 15.7. The van der Waals surface area contributed by atoms with Gasteiger partial charge in [0.05, 0.1) is 17.6 Å². The third kappa shape index (κ3) is 2.70. The molecule has 7 heteroatoms. The summed E-state index contributed by atoms with van der Waals surface area (Å²) in [6.07, 6.45) is 1.97. The predicted octanol–water partition coefficient (Wildman–Crippen LogP) is 3.14. The highest BCUT2D eigenvalue weighted by Crippen LogP contribution is 2.38. The zero-order chi connectivity index (χ0) is 20.8. The summed E-state index contributed by atoms with van der Waals surface area (Å²) in [5.74, 6) is 0.144. The molecule has 0 saturated carbocycles. The second-order valence-electron chi connectivity index (χ2n) is 7.48. The van der Waals surface area contributed by atoms with Gasteiger partial charge in [0.15, 0.2) is 0 Å². The molecule has 0 radical (unpaired) electrons. The summed E-state index contributed by atoms with van der Waals surface area (Å²) < 4.78 is 5.21. The van der Waals surface area contributed by atoms with Crippen molar-refractivity contribution in [3.63, 3.8) is 0 Å². The average molecular weight is 399 g/mol. The quantitative estimate of drug-likeness (QED) is 0.575. The Bertz CT molecular complexity index is 1300. The summed E-state index contributed by atoms with van der Waals surface area (Å²) in [5.41, 5.74) is 3.85. The third-order valence-corrected chi connectivity index (χ3v) is 5.77. The fraction of sp³-hybridized carbons (Fsp3) is 0.174. The number of rotatable bonds is 3. The zero-order valence-corrected chi connectivity index (χ0v) is 16.7. The standard InChI is InChI=1S/C23H21N5O2/c1-15-21(23(30)28(26(15)2)17-11-7-4-8-12-17)18-13-20(29)25-22-19(18)14-24-27(22)16-9-5-3-6-10-16/h3-12,14,18H,13H2,1-2H3,(H,25,29). The van der Waals surface area contributed by atoms with Crippen molar-refractivity contribution in [1.29, 1.82) is 0 Å². The highest BCUT2D eigenvalue weighted by atomic mass is 16.2. The van der Waals surface area contributed by atoms with Gasteiger partial charge >= 0.3 is 0 Å². The molecule has 1 N–H and O–H groups in total. The first-order valence-electron chi connectivity index (χ1n) is 9.83. The number of para-hydroxylation sites is 2.